The molecule has 0 bridgehead atoms. The molecule has 1 saturated heterocycles. The van der Waals surface area contributed by atoms with E-state index in [9.17, 15) is 5.11 Å². The first kappa shape index (κ1) is 22.2. The van der Waals surface area contributed by atoms with Crippen LogP contribution in [0.2, 0.25) is 0 Å². The van der Waals surface area contributed by atoms with Gasteiger partial charge in [0.15, 0.2) is 0 Å². The van der Waals surface area contributed by atoms with Crippen LogP contribution in [-0.4, -0.2) is 48.5 Å². The molecule has 6 unspecified atom stereocenters. The quantitative estimate of drug-likeness (QED) is 0.768. The summed E-state index contributed by atoms with van der Waals surface area (Å²) in [5.74, 6) is 3.59. The number of hydrogen-bond donors (Lipinski definition) is 1. The second-order valence-electron chi connectivity index (χ2n) is 9.02. The van der Waals surface area contributed by atoms with Crippen LogP contribution in [0.25, 0.3) is 0 Å². The summed E-state index contributed by atoms with van der Waals surface area (Å²) >= 11 is 0. The minimum atomic E-state index is -0.349. The fraction of sp³-hybridized carbons (Fsp3) is 1.00. The summed E-state index contributed by atoms with van der Waals surface area (Å²) in [5, 5.41) is 10.4. The number of β-amino-alcohol motifs (C(OH)–C–C–N with tert-alkyl or cyclic N) is 1. The molecule has 24 heavy (non-hydrogen) atoms. The second kappa shape index (κ2) is 10.4. The first-order valence-corrected chi connectivity index (χ1v) is 9.87. The molecule has 0 aromatic carbocycles. The van der Waals surface area contributed by atoms with Crippen LogP contribution in [0.4, 0.5) is 0 Å². The highest BCUT2D eigenvalue weighted by Gasteiger charge is 2.32. The molecular formula is C20H40ClNO2. The number of piperidine rings is 1. The van der Waals surface area contributed by atoms with Gasteiger partial charge in [-0.2, -0.15) is 0 Å². The van der Waals surface area contributed by atoms with E-state index < -0.39 is 0 Å². The maximum atomic E-state index is 10.4. The van der Waals surface area contributed by atoms with Crippen molar-refractivity contribution in [1.29, 1.82) is 0 Å². The third-order valence-electron chi connectivity index (χ3n) is 5.88. The van der Waals surface area contributed by atoms with Crippen molar-refractivity contribution in [2.75, 3.05) is 26.2 Å². The largest absolute Gasteiger partial charge is 0.389 e. The van der Waals surface area contributed by atoms with E-state index in [0.717, 1.165) is 43.8 Å². The van der Waals surface area contributed by atoms with Crippen molar-refractivity contribution >= 4 is 12.4 Å². The Kier molecular flexibility index (Phi) is 9.58. The van der Waals surface area contributed by atoms with Crippen LogP contribution < -0.4 is 0 Å². The number of likely N-dealkylation sites (tertiary alicyclic amines) is 1. The summed E-state index contributed by atoms with van der Waals surface area (Å²) in [6, 6.07) is 0. The zero-order valence-corrected chi connectivity index (χ0v) is 17.2. The maximum Gasteiger partial charge on any atom is 0.0900 e. The molecular weight excluding hydrogens is 322 g/mol. The minimum absolute atomic E-state index is 0. The van der Waals surface area contributed by atoms with Gasteiger partial charge in [-0.15, -0.1) is 12.4 Å². The van der Waals surface area contributed by atoms with E-state index in [1.54, 1.807) is 0 Å². The molecule has 1 aliphatic heterocycles. The lowest BCUT2D eigenvalue weighted by Crippen LogP contribution is -2.44. The molecule has 0 spiro atoms. The lowest BCUT2D eigenvalue weighted by Gasteiger charge is -2.38. The average molecular weight is 362 g/mol. The van der Waals surface area contributed by atoms with Gasteiger partial charge < -0.3 is 14.7 Å². The molecule has 0 radical (unpaired) electrons. The van der Waals surface area contributed by atoms with Crippen molar-refractivity contribution in [3.8, 4) is 0 Å². The number of hydrogen-bond acceptors (Lipinski definition) is 3. The first-order chi connectivity index (χ1) is 10.8. The van der Waals surface area contributed by atoms with Crippen LogP contribution >= 0.6 is 12.4 Å². The van der Waals surface area contributed by atoms with Gasteiger partial charge in [-0.1, -0.05) is 41.0 Å². The molecule has 1 heterocycles. The molecule has 2 rings (SSSR count). The average Bonchev–Trinajstić information content (AvgIpc) is 2.43. The van der Waals surface area contributed by atoms with Crippen LogP contribution in [0.1, 0.15) is 60.3 Å². The topological polar surface area (TPSA) is 32.7 Å². The van der Waals surface area contributed by atoms with E-state index in [4.69, 9.17) is 4.74 Å². The molecule has 1 aliphatic carbocycles. The van der Waals surface area contributed by atoms with Crippen molar-refractivity contribution < 1.29 is 9.84 Å². The molecule has 0 aromatic heterocycles. The molecule has 3 nitrogen and oxygen atoms in total. The summed E-state index contributed by atoms with van der Waals surface area (Å²) < 4.78 is 6.21. The number of ether oxygens (including phenoxy) is 1. The fourth-order valence-electron chi connectivity index (χ4n) is 4.83. The van der Waals surface area contributed by atoms with Crippen molar-refractivity contribution in [2.45, 2.75) is 72.5 Å². The van der Waals surface area contributed by atoms with E-state index in [-0.39, 0.29) is 18.5 Å². The Morgan fingerprint density at radius 1 is 1.00 bits per heavy atom. The molecule has 6 atom stereocenters. The van der Waals surface area contributed by atoms with Crippen LogP contribution in [-0.2, 0) is 4.74 Å². The van der Waals surface area contributed by atoms with Crippen LogP contribution in [0.5, 0.6) is 0 Å². The Morgan fingerprint density at radius 2 is 1.62 bits per heavy atom. The summed E-state index contributed by atoms with van der Waals surface area (Å²) in [4.78, 5) is 2.43. The zero-order valence-electron chi connectivity index (χ0n) is 16.4. The Balaban J connectivity index is 0.00000288. The van der Waals surface area contributed by atoms with E-state index in [1.165, 1.54) is 19.3 Å². The van der Waals surface area contributed by atoms with Gasteiger partial charge in [0, 0.05) is 19.6 Å². The third kappa shape index (κ3) is 6.82. The van der Waals surface area contributed by atoms with Gasteiger partial charge in [0.2, 0.25) is 0 Å². The van der Waals surface area contributed by atoms with Gasteiger partial charge in [0.25, 0.3) is 0 Å². The minimum Gasteiger partial charge on any atom is -0.389 e. The second-order valence-corrected chi connectivity index (χ2v) is 9.02. The van der Waals surface area contributed by atoms with Crippen molar-refractivity contribution in [2.24, 2.45) is 29.6 Å². The molecule has 4 heteroatoms. The number of nitrogens with zero attached hydrogens (tertiary/aromatic N) is 1. The monoisotopic (exact) mass is 361 g/mol. The van der Waals surface area contributed by atoms with E-state index in [2.05, 4.69) is 39.5 Å². The summed E-state index contributed by atoms with van der Waals surface area (Å²) in [6.45, 7) is 15.1. The van der Waals surface area contributed by atoms with Crippen LogP contribution in [0.15, 0.2) is 0 Å². The number of aliphatic hydroxyl groups is 1. The lowest BCUT2D eigenvalue weighted by molar-refractivity contribution is -0.0761. The predicted octanol–water partition coefficient (Wildman–Crippen LogP) is 4.22. The summed E-state index contributed by atoms with van der Waals surface area (Å²) in [6.07, 6.45) is 5.08. The maximum absolute atomic E-state index is 10.4. The number of rotatable bonds is 6. The van der Waals surface area contributed by atoms with Gasteiger partial charge >= 0.3 is 0 Å². The number of aliphatic hydroxyl groups excluding tert-OH is 1. The number of halogens is 1. The Bertz CT molecular complexity index is 343. The van der Waals surface area contributed by atoms with Crippen molar-refractivity contribution in [3.05, 3.63) is 0 Å². The third-order valence-corrected chi connectivity index (χ3v) is 5.88. The highest BCUT2D eigenvalue weighted by Crippen LogP contribution is 2.35. The Labute approximate surface area is 155 Å². The molecule has 0 aromatic rings. The Hall–Kier alpha value is 0.170. The van der Waals surface area contributed by atoms with Gasteiger partial charge in [-0.3, -0.25) is 0 Å². The van der Waals surface area contributed by atoms with Crippen LogP contribution in [0.3, 0.4) is 0 Å². The van der Waals surface area contributed by atoms with Gasteiger partial charge in [0.1, 0.15) is 0 Å². The van der Waals surface area contributed by atoms with E-state index >= 15 is 0 Å². The fourth-order valence-corrected chi connectivity index (χ4v) is 4.83. The van der Waals surface area contributed by atoms with Gasteiger partial charge in [-0.05, 0) is 48.9 Å². The van der Waals surface area contributed by atoms with Crippen LogP contribution in [0, 0.1) is 29.6 Å². The summed E-state index contributed by atoms with van der Waals surface area (Å²) in [7, 11) is 0. The Morgan fingerprint density at radius 3 is 2.21 bits per heavy atom. The lowest BCUT2D eigenvalue weighted by atomic mass is 9.75. The predicted molar refractivity (Wildman–Crippen MR) is 104 cm³/mol. The highest BCUT2D eigenvalue weighted by atomic mass is 35.5. The standard InChI is InChI=1S/C20H39NO2.ClH/c1-14(2)19-7-6-15(3)9-20(19)23-13-18(22)12-21-10-16(4)8-17(5)11-21;/h14-20,22H,6-13H2,1-5H3;1H. The molecule has 2 fully saturated rings. The van der Waals surface area contributed by atoms with Gasteiger partial charge in [-0.25, -0.2) is 0 Å². The molecule has 144 valence electrons. The van der Waals surface area contributed by atoms with Crippen molar-refractivity contribution in [1.82, 2.24) is 4.90 Å². The van der Waals surface area contributed by atoms with E-state index in [1.807, 2.05) is 0 Å². The summed E-state index contributed by atoms with van der Waals surface area (Å²) in [5.41, 5.74) is 0. The molecule has 0 amide bonds. The van der Waals surface area contributed by atoms with Gasteiger partial charge in [0.05, 0.1) is 18.8 Å². The van der Waals surface area contributed by atoms with Crippen molar-refractivity contribution in [3.63, 3.8) is 0 Å². The zero-order chi connectivity index (χ0) is 17.0. The normalized spacial score (nSPS) is 36.4. The smallest absolute Gasteiger partial charge is 0.0900 e. The first-order valence-electron chi connectivity index (χ1n) is 9.87. The molecule has 1 saturated carbocycles. The highest BCUT2D eigenvalue weighted by molar-refractivity contribution is 5.85. The van der Waals surface area contributed by atoms with E-state index in [0.29, 0.717) is 24.5 Å². The SMILES string of the molecule is CC1CCC(C(C)C)C(OCC(O)CN2CC(C)CC(C)C2)C1.Cl. The molecule has 1 N–H and O–H groups in total. The molecule has 2 aliphatic rings.